The van der Waals surface area contributed by atoms with Gasteiger partial charge in [-0.3, -0.25) is 9.59 Å². The predicted octanol–water partition coefficient (Wildman–Crippen LogP) is 1.91. The normalized spacial score (nSPS) is 16.2. The van der Waals surface area contributed by atoms with Crippen molar-refractivity contribution in [1.29, 1.82) is 0 Å². The van der Waals surface area contributed by atoms with Gasteiger partial charge in [-0.1, -0.05) is 19.9 Å². The fraction of sp³-hybridized carbons (Fsp3) is 0.500. The zero-order chi connectivity index (χ0) is 17.3. The Hall–Kier alpha value is -2.37. The van der Waals surface area contributed by atoms with Gasteiger partial charge in [-0.2, -0.15) is 0 Å². The van der Waals surface area contributed by atoms with E-state index in [9.17, 15) is 9.59 Å². The van der Waals surface area contributed by atoms with E-state index in [-0.39, 0.29) is 17.7 Å². The smallest absolute Gasteiger partial charge is 0.243 e. The largest absolute Gasteiger partial charge is 0.349 e. The summed E-state index contributed by atoms with van der Waals surface area (Å²) in [7, 11) is 0. The number of amides is 2. The summed E-state index contributed by atoms with van der Waals surface area (Å²) in [4.78, 5) is 30.8. The summed E-state index contributed by atoms with van der Waals surface area (Å²) >= 11 is 0. The van der Waals surface area contributed by atoms with Crippen molar-refractivity contribution in [3.05, 3.63) is 35.8 Å². The van der Waals surface area contributed by atoms with Gasteiger partial charge in [0.1, 0.15) is 11.7 Å². The fourth-order valence-corrected chi connectivity index (χ4v) is 3.29. The molecule has 2 aromatic heterocycles. The molecule has 2 amide bonds. The lowest BCUT2D eigenvalue weighted by atomic mass is 10.0. The summed E-state index contributed by atoms with van der Waals surface area (Å²) < 4.78 is 1.96. The number of carbonyl (C=O) groups excluding carboxylic acids is 2. The Morgan fingerprint density at radius 1 is 1.33 bits per heavy atom. The van der Waals surface area contributed by atoms with Gasteiger partial charge >= 0.3 is 0 Å². The molecule has 6 heteroatoms. The first kappa shape index (κ1) is 16.5. The molecule has 1 saturated heterocycles. The van der Waals surface area contributed by atoms with Crippen LogP contribution in [0.15, 0.2) is 24.5 Å². The third kappa shape index (κ3) is 3.27. The Labute approximate surface area is 141 Å². The lowest BCUT2D eigenvalue weighted by molar-refractivity contribution is -0.139. The Balaban J connectivity index is 1.69. The molecular weight excluding hydrogens is 304 g/mol. The molecule has 1 atom stereocenters. The number of aromatic nitrogens is 2. The molecule has 3 rings (SSSR count). The second kappa shape index (κ2) is 6.63. The lowest BCUT2D eigenvalue weighted by Crippen LogP contribution is -2.50. The fourth-order valence-electron chi connectivity index (χ4n) is 3.29. The molecule has 1 aliphatic rings. The predicted molar refractivity (Wildman–Crippen MR) is 91.3 cm³/mol. The first-order valence-electron chi connectivity index (χ1n) is 8.47. The van der Waals surface area contributed by atoms with Gasteiger partial charge in [0, 0.05) is 25.4 Å². The minimum absolute atomic E-state index is 0.0760. The molecule has 1 fully saturated rings. The molecular formula is C18H24N4O2. The second-order valence-corrected chi connectivity index (χ2v) is 6.80. The van der Waals surface area contributed by atoms with Crippen molar-refractivity contribution in [2.45, 2.75) is 46.2 Å². The van der Waals surface area contributed by atoms with Crippen LogP contribution < -0.4 is 5.32 Å². The van der Waals surface area contributed by atoms with Crippen LogP contribution in [0.4, 0.5) is 0 Å². The molecule has 0 spiro atoms. The van der Waals surface area contributed by atoms with Crippen molar-refractivity contribution in [3.8, 4) is 0 Å². The Bertz CT molecular complexity index is 765. The molecule has 0 saturated carbocycles. The van der Waals surface area contributed by atoms with Crippen LogP contribution in [0.3, 0.4) is 0 Å². The summed E-state index contributed by atoms with van der Waals surface area (Å²) in [6, 6.07) is 3.57. The molecule has 6 nitrogen and oxygen atoms in total. The number of nitrogens with one attached hydrogen (secondary N) is 1. The van der Waals surface area contributed by atoms with E-state index in [2.05, 4.69) is 10.3 Å². The number of carbonyl (C=O) groups is 2. The molecule has 3 heterocycles. The van der Waals surface area contributed by atoms with Gasteiger partial charge in [0.05, 0.1) is 12.2 Å². The Morgan fingerprint density at radius 2 is 2.12 bits per heavy atom. The number of imidazole rings is 1. The minimum atomic E-state index is -0.403. The van der Waals surface area contributed by atoms with E-state index in [1.54, 1.807) is 4.90 Å². The molecule has 128 valence electrons. The van der Waals surface area contributed by atoms with Crippen LogP contribution >= 0.6 is 0 Å². The highest BCUT2D eigenvalue weighted by Gasteiger charge is 2.34. The van der Waals surface area contributed by atoms with Gasteiger partial charge in [-0.05, 0) is 30.9 Å². The Morgan fingerprint density at radius 3 is 2.79 bits per heavy atom. The van der Waals surface area contributed by atoms with Crippen molar-refractivity contribution < 1.29 is 9.59 Å². The van der Waals surface area contributed by atoms with Gasteiger partial charge in [0.25, 0.3) is 0 Å². The van der Waals surface area contributed by atoms with E-state index in [1.807, 2.05) is 49.7 Å². The molecule has 0 bridgehead atoms. The SMILES string of the molecule is Cc1ccc2nc(CNC(=O)[C@@H](C(C)C)N3CCCC3=O)cn2c1. The molecule has 2 aromatic rings. The summed E-state index contributed by atoms with van der Waals surface area (Å²) in [5.41, 5.74) is 2.83. The van der Waals surface area contributed by atoms with Gasteiger partial charge in [0.2, 0.25) is 11.8 Å². The third-order valence-corrected chi connectivity index (χ3v) is 4.44. The van der Waals surface area contributed by atoms with E-state index in [0.717, 1.165) is 23.3 Å². The van der Waals surface area contributed by atoms with Crippen LogP contribution in [0.5, 0.6) is 0 Å². The maximum Gasteiger partial charge on any atom is 0.243 e. The first-order valence-corrected chi connectivity index (χ1v) is 8.47. The number of nitrogens with zero attached hydrogens (tertiary/aromatic N) is 3. The van der Waals surface area contributed by atoms with E-state index in [0.29, 0.717) is 19.5 Å². The third-order valence-electron chi connectivity index (χ3n) is 4.44. The number of hydrogen-bond donors (Lipinski definition) is 1. The van der Waals surface area contributed by atoms with Crippen molar-refractivity contribution in [1.82, 2.24) is 19.6 Å². The van der Waals surface area contributed by atoms with E-state index in [4.69, 9.17) is 0 Å². The number of fused-ring (bicyclic) bond motifs is 1. The monoisotopic (exact) mass is 328 g/mol. The number of rotatable bonds is 5. The molecule has 1 N–H and O–H groups in total. The van der Waals surface area contributed by atoms with E-state index >= 15 is 0 Å². The number of aryl methyl sites for hydroxylation is 1. The summed E-state index contributed by atoms with van der Waals surface area (Å²) in [6.07, 6.45) is 5.31. The molecule has 0 unspecified atom stereocenters. The molecule has 1 aliphatic heterocycles. The van der Waals surface area contributed by atoms with E-state index < -0.39 is 6.04 Å². The molecule has 0 aliphatic carbocycles. The van der Waals surface area contributed by atoms with Crippen LogP contribution in [-0.2, 0) is 16.1 Å². The van der Waals surface area contributed by atoms with Crippen molar-refractivity contribution in [3.63, 3.8) is 0 Å². The second-order valence-electron chi connectivity index (χ2n) is 6.80. The minimum Gasteiger partial charge on any atom is -0.349 e. The topological polar surface area (TPSA) is 66.7 Å². The van der Waals surface area contributed by atoms with Gasteiger partial charge < -0.3 is 14.6 Å². The summed E-state index contributed by atoms with van der Waals surface area (Å²) in [5.74, 6) is 0.0521. The van der Waals surface area contributed by atoms with Gasteiger partial charge in [-0.25, -0.2) is 4.98 Å². The highest BCUT2D eigenvalue weighted by atomic mass is 16.2. The Kier molecular flexibility index (Phi) is 4.55. The van der Waals surface area contributed by atoms with Crippen LogP contribution in [-0.4, -0.2) is 38.7 Å². The highest BCUT2D eigenvalue weighted by molar-refractivity contribution is 5.88. The molecule has 24 heavy (non-hydrogen) atoms. The summed E-state index contributed by atoms with van der Waals surface area (Å²) in [6.45, 7) is 7.02. The maximum absolute atomic E-state index is 12.6. The maximum atomic E-state index is 12.6. The molecule has 0 aromatic carbocycles. The number of hydrogen-bond acceptors (Lipinski definition) is 3. The first-order chi connectivity index (χ1) is 11.5. The van der Waals surface area contributed by atoms with Crippen molar-refractivity contribution in [2.75, 3.05) is 6.54 Å². The average Bonchev–Trinajstić information content (AvgIpc) is 3.11. The number of pyridine rings is 1. The summed E-state index contributed by atoms with van der Waals surface area (Å²) in [5, 5.41) is 2.94. The lowest BCUT2D eigenvalue weighted by Gasteiger charge is -2.29. The zero-order valence-corrected chi connectivity index (χ0v) is 14.5. The average molecular weight is 328 g/mol. The van der Waals surface area contributed by atoms with Crippen molar-refractivity contribution in [2.24, 2.45) is 5.92 Å². The van der Waals surface area contributed by atoms with Crippen LogP contribution in [0.1, 0.15) is 37.9 Å². The van der Waals surface area contributed by atoms with Crippen molar-refractivity contribution >= 4 is 17.5 Å². The standard InChI is InChI=1S/C18H24N4O2/c1-12(2)17(22-8-4-5-16(22)23)18(24)19-9-14-11-21-10-13(3)6-7-15(21)20-14/h6-7,10-12,17H,4-5,8-9H2,1-3H3,(H,19,24)/t17-/m1/s1. The van der Waals surface area contributed by atoms with Crippen LogP contribution in [0, 0.1) is 12.8 Å². The quantitative estimate of drug-likeness (QED) is 0.912. The molecule has 0 radical (unpaired) electrons. The van der Waals surface area contributed by atoms with E-state index in [1.165, 1.54) is 0 Å². The van der Waals surface area contributed by atoms with Gasteiger partial charge in [0.15, 0.2) is 0 Å². The van der Waals surface area contributed by atoms with Gasteiger partial charge in [-0.15, -0.1) is 0 Å². The van der Waals surface area contributed by atoms with Crippen LogP contribution in [0.2, 0.25) is 0 Å². The zero-order valence-electron chi connectivity index (χ0n) is 14.5. The van der Waals surface area contributed by atoms with Crippen LogP contribution in [0.25, 0.3) is 5.65 Å². The number of likely N-dealkylation sites (tertiary alicyclic amines) is 1. The highest BCUT2D eigenvalue weighted by Crippen LogP contribution is 2.19.